The molecule has 2 aromatic heterocycles. The molecule has 1 atom stereocenters. The molecule has 2 heterocycles. The van der Waals surface area contributed by atoms with Crippen molar-refractivity contribution >= 4 is 5.91 Å². The highest BCUT2D eigenvalue weighted by molar-refractivity contribution is 5.94. The van der Waals surface area contributed by atoms with Gasteiger partial charge in [-0.1, -0.05) is 55.5 Å². The maximum Gasteiger partial charge on any atom is 0.265 e. The number of nitrogens with one attached hydrogen (secondary N) is 2. The summed E-state index contributed by atoms with van der Waals surface area (Å²) in [5.74, 6) is -0.316. The lowest BCUT2D eigenvalue weighted by molar-refractivity contribution is 0.0940. The Labute approximate surface area is 168 Å². The first kappa shape index (κ1) is 19.9. The van der Waals surface area contributed by atoms with Crippen molar-refractivity contribution in [1.29, 1.82) is 0 Å². The van der Waals surface area contributed by atoms with Crippen molar-refractivity contribution in [3.05, 3.63) is 94.5 Å². The fourth-order valence-corrected chi connectivity index (χ4v) is 2.86. The number of benzene rings is 1. The number of carbonyl (C=O) groups is 1. The zero-order chi connectivity index (χ0) is 20.6. The molecule has 148 valence electrons. The molecule has 8 nitrogen and oxygen atoms in total. The monoisotopic (exact) mass is 390 g/mol. The molecule has 3 aromatic rings. The van der Waals surface area contributed by atoms with Crippen LogP contribution in [0.4, 0.5) is 0 Å². The van der Waals surface area contributed by atoms with Gasteiger partial charge in [-0.05, 0) is 24.5 Å². The Bertz CT molecular complexity index is 1070. The third-order valence-corrected chi connectivity index (χ3v) is 4.36. The second-order valence-corrected chi connectivity index (χ2v) is 6.23. The van der Waals surface area contributed by atoms with Crippen LogP contribution in [0.1, 0.15) is 42.2 Å². The van der Waals surface area contributed by atoms with Crippen LogP contribution in [0.25, 0.3) is 5.95 Å². The second kappa shape index (κ2) is 9.41. The van der Waals surface area contributed by atoms with Crippen LogP contribution in [0.5, 0.6) is 0 Å². The molecule has 0 spiro atoms. The number of aromatic nitrogens is 5. The van der Waals surface area contributed by atoms with E-state index in [1.165, 1.54) is 23.5 Å². The summed E-state index contributed by atoms with van der Waals surface area (Å²) in [6.45, 7) is 3.96. The van der Waals surface area contributed by atoms with Gasteiger partial charge in [-0.3, -0.25) is 14.6 Å². The minimum Gasteiger partial charge on any atom is -0.341 e. The lowest BCUT2D eigenvalue weighted by Gasteiger charge is -2.21. The van der Waals surface area contributed by atoms with Crippen LogP contribution >= 0.6 is 0 Å². The number of hydrogen-bond acceptors (Lipinski definition) is 5. The summed E-state index contributed by atoms with van der Waals surface area (Å²) in [7, 11) is 0. The number of aromatic amines is 1. The van der Waals surface area contributed by atoms with Gasteiger partial charge in [0.25, 0.3) is 11.5 Å². The Kier molecular flexibility index (Phi) is 6.47. The SMILES string of the molecule is C/C=C\C=C(/CC)C(NC(=O)c1cnc(-n2cncn2)[nH]c1=O)c1ccccc1. The van der Waals surface area contributed by atoms with E-state index < -0.39 is 11.5 Å². The molecule has 2 N–H and O–H groups in total. The van der Waals surface area contributed by atoms with Crippen LogP contribution in [-0.4, -0.2) is 30.6 Å². The molecule has 8 heteroatoms. The van der Waals surface area contributed by atoms with Crippen LogP contribution in [0.2, 0.25) is 0 Å². The van der Waals surface area contributed by atoms with Crippen molar-refractivity contribution in [3.8, 4) is 5.95 Å². The molecule has 0 aliphatic rings. The molecule has 3 rings (SSSR count). The van der Waals surface area contributed by atoms with E-state index in [0.717, 1.165) is 17.6 Å². The van der Waals surface area contributed by atoms with Gasteiger partial charge in [-0.15, -0.1) is 0 Å². The quantitative estimate of drug-likeness (QED) is 0.604. The molecular formula is C21H22N6O2. The molecule has 1 aromatic carbocycles. The van der Waals surface area contributed by atoms with Crippen molar-refractivity contribution < 1.29 is 4.79 Å². The zero-order valence-electron chi connectivity index (χ0n) is 16.2. The Morgan fingerprint density at radius 1 is 1.31 bits per heavy atom. The van der Waals surface area contributed by atoms with Gasteiger partial charge in [0.1, 0.15) is 18.2 Å². The Hall–Kier alpha value is -3.81. The molecule has 0 saturated carbocycles. The summed E-state index contributed by atoms with van der Waals surface area (Å²) in [5.41, 5.74) is 1.33. The predicted molar refractivity (Wildman–Crippen MR) is 110 cm³/mol. The Balaban J connectivity index is 1.91. The van der Waals surface area contributed by atoms with Gasteiger partial charge >= 0.3 is 0 Å². The van der Waals surface area contributed by atoms with Gasteiger partial charge in [0, 0.05) is 6.20 Å². The van der Waals surface area contributed by atoms with Gasteiger partial charge in [0.05, 0.1) is 6.04 Å². The Morgan fingerprint density at radius 3 is 2.72 bits per heavy atom. The van der Waals surface area contributed by atoms with E-state index in [-0.39, 0.29) is 17.6 Å². The number of carbonyl (C=O) groups excluding carboxylic acids is 1. The van der Waals surface area contributed by atoms with E-state index in [2.05, 4.69) is 25.4 Å². The normalized spacial score (nSPS) is 12.8. The number of rotatable bonds is 7. The lowest BCUT2D eigenvalue weighted by atomic mass is 9.96. The smallest absolute Gasteiger partial charge is 0.265 e. The second-order valence-electron chi connectivity index (χ2n) is 6.23. The summed E-state index contributed by atoms with van der Waals surface area (Å²) in [4.78, 5) is 35.8. The highest BCUT2D eigenvalue weighted by atomic mass is 16.2. The molecule has 0 radical (unpaired) electrons. The number of hydrogen-bond donors (Lipinski definition) is 2. The minimum absolute atomic E-state index is 0.0729. The van der Waals surface area contributed by atoms with Crippen LogP contribution < -0.4 is 10.9 Å². The van der Waals surface area contributed by atoms with Gasteiger partial charge in [-0.2, -0.15) is 9.78 Å². The van der Waals surface area contributed by atoms with Crippen LogP contribution in [0, 0.1) is 0 Å². The first-order valence-corrected chi connectivity index (χ1v) is 9.26. The summed E-state index contributed by atoms with van der Waals surface area (Å²) in [6, 6.07) is 9.28. The van der Waals surface area contributed by atoms with Crippen LogP contribution in [0.3, 0.4) is 0 Å². The van der Waals surface area contributed by atoms with Gasteiger partial charge < -0.3 is 5.32 Å². The van der Waals surface area contributed by atoms with Crippen molar-refractivity contribution in [1.82, 2.24) is 30.0 Å². The van der Waals surface area contributed by atoms with Gasteiger partial charge in [-0.25, -0.2) is 9.97 Å². The van der Waals surface area contributed by atoms with Gasteiger partial charge in [0.15, 0.2) is 0 Å². The molecule has 29 heavy (non-hydrogen) atoms. The highest BCUT2D eigenvalue weighted by Gasteiger charge is 2.21. The number of allylic oxidation sites excluding steroid dienone is 3. The maximum absolute atomic E-state index is 12.9. The first-order chi connectivity index (χ1) is 14.1. The highest BCUT2D eigenvalue weighted by Crippen LogP contribution is 2.24. The van der Waals surface area contributed by atoms with E-state index in [0.29, 0.717) is 0 Å². The maximum atomic E-state index is 12.9. The van der Waals surface area contributed by atoms with E-state index >= 15 is 0 Å². The van der Waals surface area contributed by atoms with Crippen molar-refractivity contribution in [3.63, 3.8) is 0 Å². The van der Waals surface area contributed by atoms with Crippen molar-refractivity contribution in [2.75, 3.05) is 0 Å². The van der Waals surface area contributed by atoms with Crippen molar-refractivity contribution in [2.24, 2.45) is 0 Å². The summed E-state index contributed by atoms with van der Waals surface area (Å²) < 4.78 is 1.31. The average molecular weight is 390 g/mol. The molecule has 0 aliphatic heterocycles. The number of nitrogens with zero attached hydrogens (tertiary/aromatic N) is 4. The minimum atomic E-state index is -0.551. The average Bonchev–Trinajstić information content (AvgIpc) is 3.28. The largest absolute Gasteiger partial charge is 0.341 e. The molecule has 1 amide bonds. The molecule has 0 aliphatic carbocycles. The van der Waals surface area contributed by atoms with E-state index in [1.54, 1.807) is 0 Å². The van der Waals surface area contributed by atoms with E-state index in [9.17, 15) is 9.59 Å². The standard InChI is InChI=1S/C21H22N6O2/c1-3-5-9-15(4-2)18(16-10-7-6-8-11-16)25-19(28)17-12-23-21(26-20(17)29)27-14-22-13-24-27/h3,5-14,18H,4H2,1-2H3,(H,25,28)(H,23,26,29)/b5-3-,15-9+. The lowest BCUT2D eigenvalue weighted by Crippen LogP contribution is -2.34. The molecule has 0 fully saturated rings. The summed E-state index contributed by atoms with van der Waals surface area (Å²) >= 11 is 0. The molecule has 0 saturated heterocycles. The fraction of sp³-hybridized carbons (Fsp3) is 0.190. The van der Waals surface area contributed by atoms with Crippen LogP contribution in [-0.2, 0) is 0 Å². The molecule has 0 bridgehead atoms. The summed E-state index contributed by atoms with van der Waals surface area (Å²) in [5, 5.41) is 6.88. The van der Waals surface area contributed by atoms with Crippen molar-refractivity contribution in [2.45, 2.75) is 26.3 Å². The first-order valence-electron chi connectivity index (χ1n) is 9.26. The van der Waals surface area contributed by atoms with E-state index in [1.807, 2.05) is 62.4 Å². The molecular weight excluding hydrogens is 368 g/mol. The van der Waals surface area contributed by atoms with Gasteiger partial charge in [0.2, 0.25) is 5.95 Å². The zero-order valence-corrected chi connectivity index (χ0v) is 16.2. The number of amides is 1. The Morgan fingerprint density at radius 2 is 2.10 bits per heavy atom. The summed E-state index contributed by atoms with van der Waals surface area (Å²) in [6.07, 6.45) is 10.6. The van der Waals surface area contributed by atoms with E-state index in [4.69, 9.17) is 0 Å². The van der Waals surface area contributed by atoms with Crippen LogP contribution in [0.15, 0.2) is 77.8 Å². The molecule has 1 unspecified atom stereocenters. The fourth-order valence-electron chi connectivity index (χ4n) is 2.86. The number of H-pyrrole nitrogens is 1. The predicted octanol–water partition coefficient (Wildman–Crippen LogP) is 2.73. The third-order valence-electron chi connectivity index (χ3n) is 4.36. The topological polar surface area (TPSA) is 106 Å². The third kappa shape index (κ3) is 4.73.